The molecule has 0 amide bonds. The molecule has 116 valence electrons. The predicted molar refractivity (Wildman–Crippen MR) is 79.7 cm³/mol. The summed E-state index contributed by atoms with van der Waals surface area (Å²) in [6.07, 6.45) is -2.54. The molecule has 1 atom stereocenters. The van der Waals surface area contributed by atoms with E-state index in [1.165, 1.54) is 12.1 Å². The third-order valence-corrected chi connectivity index (χ3v) is 3.53. The molecule has 3 nitrogen and oxygen atoms in total. The van der Waals surface area contributed by atoms with Crippen molar-refractivity contribution in [3.8, 4) is 0 Å². The molecule has 0 radical (unpaired) electrons. The molecule has 8 heteroatoms. The molecule has 1 aliphatic rings. The van der Waals surface area contributed by atoms with Crippen molar-refractivity contribution in [2.24, 2.45) is 0 Å². The molecule has 1 heterocycles. The van der Waals surface area contributed by atoms with Crippen molar-refractivity contribution in [1.82, 2.24) is 5.32 Å². The van der Waals surface area contributed by atoms with E-state index >= 15 is 0 Å². The third-order valence-electron chi connectivity index (χ3n) is 3.05. The average Bonchev–Trinajstić information content (AvgIpc) is 2.90. The van der Waals surface area contributed by atoms with Crippen molar-refractivity contribution >= 4 is 34.6 Å². The largest absolute Gasteiger partial charge is 0.418 e. The number of halogens is 4. The van der Waals surface area contributed by atoms with Crippen LogP contribution in [0.1, 0.15) is 18.4 Å². The Kier molecular flexibility index (Phi) is 5.29. The lowest BCUT2D eigenvalue weighted by Gasteiger charge is -2.17. The van der Waals surface area contributed by atoms with E-state index in [9.17, 15) is 13.2 Å². The quantitative estimate of drug-likeness (QED) is 0.821. The lowest BCUT2D eigenvalue weighted by molar-refractivity contribution is -0.136. The second-order valence-electron chi connectivity index (χ2n) is 4.66. The van der Waals surface area contributed by atoms with Gasteiger partial charge >= 0.3 is 6.18 Å². The number of alkyl halides is 3. The van der Waals surface area contributed by atoms with E-state index in [2.05, 4.69) is 10.6 Å². The second-order valence-corrected chi connectivity index (χ2v) is 5.50. The molecule has 0 unspecified atom stereocenters. The molecule has 1 aromatic carbocycles. The molecule has 0 saturated carbocycles. The zero-order valence-corrected chi connectivity index (χ0v) is 12.5. The van der Waals surface area contributed by atoms with Gasteiger partial charge in [0.2, 0.25) is 0 Å². The normalized spacial score (nSPS) is 18.6. The number of anilines is 1. The summed E-state index contributed by atoms with van der Waals surface area (Å²) >= 11 is 10.6. The summed E-state index contributed by atoms with van der Waals surface area (Å²) in [7, 11) is 0. The first-order valence-corrected chi connectivity index (χ1v) is 7.18. The van der Waals surface area contributed by atoms with Crippen LogP contribution in [0.4, 0.5) is 18.9 Å². The molecular formula is C13H14ClF3N2OS. The van der Waals surface area contributed by atoms with Gasteiger partial charge in [-0.15, -0.1) is 0 Å². The van der Waals surface area contributed by atoms with Gasteiger partial charge in [-0.2, -0.15) is 13.2 Å². The van der Waals surface area contributed by atoms with Gasteiger partial charge in [-0.05, 0) is 43.3 Å². The molecule has 0 spiro atoms. The van der Waals surface area contributed by atoms with Gasteiger partial charge in [0.05, 0.1) is 17.4 Å². The van der Waals surface area contributed by atoms with Crippen LogP contribution in [0, 0.1) is 0 Å². The van der Waals surface area contributed by atoms with Crippen molar-refractivity contribution in [2.75, 3.05) is 18.5 Å². The van der Waals surface area contributed by atoms with Crippen LogP contribution in [0.3, 0.4) is 0 Å². The number of hydrogen-bond acceptors (Lipinski definition) is 2. The van der Waals surface area contributed by atoms with Crippen molar-refractivity contribution in [2.45, 2.75) is 25.1 Å². The first-order chi connectivity index (χ1) is 9.86. The van der Waals surface area contributed by atoms with Gasteiger partial charge in [0.15, 0.2) is 5.11 Å². The van der Waals surface area contributed by atoms with Crippen molar-refractivity contribution in [3.63, 3.8) is 0 Å². The lowest BCUT2D eigenvalue weighted by Crippen LogP contribution is -2.35. The summed E-state index contributed by atoms with van der Waals surface area (Å²) in [4.78, 5) is 0. The maximum absolute atomic E-state index is 12.9. The molecule has 1 aromatic rings. The summed E-state index contributed by atoms with van der Waals surface area (Å²) in [5.74, 6) is 0. The molecule has 0 aliphatic carbocycles. The minimum atomic E-state index is -4.50. The Labute approximate surface area is 130 Å². The van der Waals surface area contributed by atoms with Crippen LogP contribution in [0.2, 0.25) is 5.02 Å². The fourth-order valence-electron chi connectivity index (χ4n) is 2.04. The molecule has 1 fully saturated rings. The SMILES string of the molecule is FC(F)(F)c1cc(Cl)ccc1NC(=S)NC[C@@H]1CCCO1. The van der Waals surface area contributed by atoms with Crippen LogP contribution in [0.5, 0.6) is 0 Å². The summed E-state index contributed by atoms with van der Waals surface area (Å²) in [6, 6.07) is 3.50. The molecule has 0 aromatic heterocycles. The van der Waals surface area contributed by atoms with Crippen molar-refractivity contribution in [1.29, 1.82) is 0 Å². The van der Waals surface area contributed by atoms with Crippen LogP contribution >= 0.6 is 23.8 Å². The fourth-order valence-corrected chi connectivity index (χ4v) is 2.40. The van der Waals surface area contributed by atoms with Gasteiger partial charge in [0.25, 0.3) is 0 Å². The number of benzene rings is 1. The van der Waals surface area contributed by atoms with Crippen molar-refractivity contribution in [3.05, 3.63) is 28.8 Å². The zero-order valence-electron chi connectivity index (χ0n) is 11.0. The number of ether oxygens (including phenoxy) is 1. The van der Waals surface area contributed by atoms with E-state index in [1.807, 2.05) is 0 Å². The topological polar surface area (TPSA) is 33.3 Å². The highest BCUT2D eigenvalue weighted by molar-refractivity contribution is 7.80. The standard InChI is InChI=1S/C13H14ClF3N2OS/c14-8-3-4-11(10(6-8)13(15,16)17)19-12(21)18-7-9-2-1-5-20-9/h3-4,6,9H,1-2,5,7H2,(H2,18,19,21)/t9-/m0/s1. The van der Waals surface area contributed by atoms with Crippen molar-refractivity contribution < 1.29 is 17.9 Å². The molecule has 2 rings (SSSR count). The predicted octanol–water partition coefficient (Wildman–Crippen LogP) is 3.82. The number of rotatable bonds is 3. The first-order valence-electron chi connectivity index (χ1n) is 6.39. The smallest absolute Gasteiger partial charge is 0.376 e. The highest BCUT2D eigenvalue weighted by atomic mass is 35.5. The first kappa shape index (κ1) is 16.3. The Balaban J connectivity index is 1.99. The monoisotopic (exact) mass is 338 g/mol. The number of hydrogen-bond donors (Lipinski definition) is 2. The average molecular weight is 339 g/mol. The van der Waals surface area contributed by atoms with Crippen LogP contribution in [0.25, 0.3) is 0 Å². The summed E-state index contributed by atoms with van der Waals surface area (Å²) in [5, 5.41) is 5.56. The van der Waals surface area contributed by atoms with Crippen LogP contribution in [-0.2, 0) is 10.9 Å². The fraction of sp³-hybridized carbons (Fsp3) is 0.462. The van der Waals surface area contributed by atoms with E-state index in [0.29, 0.717) is 13.2 Å². The van der Waals surface area contributed by atoms with Gasteiger partial charge in [0, 0.05) is 18.2 Å². The zero-order chi connectivity index (χ0) is 15.5. The van der Waals surface area contributed by atoms with E-state index in [4.69, 9.17) is 28.6 Å². The Hall–Kier alpha value is -1.05. The van der Waals surface area contributed by atoms with Gasteiger partial charge < -0.3 is 15.4 Å². The molecule has 2 N–H and O–H groups in total. The van der Waals surface area contributed by atoms with Crippen LogP contribution in [0.15, 0.2) is 18.2 Å². The molecule has 1 saturated heterocycles. The molecule has 0 bridgehead atoms. The van der Waals surface area contributed by atoms with Crippen LogP contribution in [-0.4, -0.2) is 24.4 Å². The van der Waals surface area contributed by atoms with E-state index in [1.54, 1.807) is 0 Å². The summed E-state index contributed by atoms with van der Waals surface area (Å²) < 4.78 is 44.2. The van der Waals surface area contributed by atoms with Gasteiger partial charge in [0.1, 0.15) is 0 Å². The number of thiocarbonyl (C=S) groups is 1. The second kappa shape index (κ2) is 6.81. The molecule has 21 heavy (non-hydrogen) atoms. The maximum Gasteiger partial charge on any atom is 0.418 e. The highest BCUT2D eigenvalue weighted by Gasteiger charge is 2.34. The number of nitrogens with one attached hydrogen (secondary N) is 2. The molecule has 1 aliphatic heterocycles. The Morgan fingerprint density at radius 3 is 2.81 bits per heavy atom. The minimum Gasteiger partial charge on any atom is -0.376 e. The lowest BCUT2D eigenvalue weighted by atomic mass is 10.1. The highest BCUT2D eigenvalue weighted by Crippen LogP contribution is 2.36. The van der Waals surface area contributed by atoms with E-state index < -0.39 is 11.7 Å². The van der Waals surface area contributed by atoms with Gasteiger partial charge in [-0.3, -0.25) is 0 Å². The Morgan fingerprint density at radius 2 is 2.19 bits per heavy atom. The Bertz CT molecular complexity index is 519. The third kappa shape index (κ3) is 4.72. The summed E-state index contributed by atoms with van der Waals surface area (Å²) in [5.41, 5.74) is -0.979. The minimum absolute atomic E-state index is 0.0195. The summed E-state index contributed by atoms with van der Waals surface area (Å²) in [6.45, 7) is 1.18. The van der Waals surface area contributed by atoms with Gasteiger partial charge in [-0.25, -0.2) is 0 Å². The molecular weight excluding hydrogens is 325 g/mol. The van der Waals surface area contributed by atoms with Crippen LogP contribution < -0.4 is 10.6 Å². The van der Waals surface area contributed by atoms with E-state index in [0.717, 1.165) is 18.9 Å². The van der Waals surface area contributed by atoms with Gasteiger partial charge in [-0.1, -0.05) is 11.6 Å². The Morgan fingerprint density at radius 1 is 1.43 bits per heavy atom. The maximum atomic E-state index is 12.9. The van der Waals surface area contributed by atoms with E-state index in [-0.39, 0.29) is 21.9 Å².